The highest BCUT2D eigenvalue weighted by molar-refractivity contribution is 5.78. The summed E-state index contributed by atoms with van der Waals surface area (Å²) in [6.07, 6.45) is -0.426. The van der Waals surface area contributed by atoms with E-state index in [0.29, 0.717) is 58.9 Å². The van der Waals surface area contributed by atoms with Crippen LogP contribution in [0.4, 0.5) is 4.39 Å². The standard InChI is InChI=1S/C25H51FN4O6/c1-5-23(4)25(31)27-20-24(26)21-35-13-11-30-8-6-29(7-9-30)10-12-32-14-15-33-16-17-34-18-19-36-28-22(2)3/h22-24,28H,5-21H2,1-4H3,(H,27,31). The first-order valence-corrected chi connectivity index (χ1v) is 13.5. The second kappa shape index (κ2) is 22.1. The van der Waals surface area contributed by atoms with Gasteiger partial charge < -0.3 is 24.3 Å². The van der Waals surface area contributed by atoms with E-state index >= 15 is 0 Å². The van der Waals surface area contributed by atoms with Gasteiger partial charge in [-0.25, -0.2) is 4.39 Å². The van der Waals surface area contributed by atoms with Gasteiger partial charge in [0.15, 0.2) is 0 Å². The Morgan fingerprint density at radius 3 is 1.83 bits per heavy atom. The number of nitrogens with one attached hydrogen (secondary N) is 2. The summed E-state index contributed by atoms with van der Waals surface area (Å²) in [5.41, 5.74) is 2.87. The minimum Gasteiger partial charge on any atom is -0.378 e. The monoisotopic (exact) mass is 522 g/mol. The van der Waals surface area contributed by atoms with Gasteiger partial charge in [0, 0.05) is 51.2 Å². The molecule has 0 aromatic carbocycles. The summed E-state index contributed by atoms with van der Waals surface area (Å²) in [5, 5.41) is 2.64. The molecule has 2 atom stereocenters. The van der Waals surface area contributed by atoms with Gasteiger partial charge in [-0.05, 0) is 20.3 Å². The van der Waals surface area contributed by atoms with Crippen LogP contribution in [0.1, 0.15) is 34.1 Å². The predicted molar refractivity (Wildman–Crippen MR) is 138 cm³/mol. The van der Waals surface area contributed by atoms with Crippen LogP contribution in [0.3, 0.4) is 0 Å². The number of carbonyl (C=O) groups is 1. The van der Waals surface area contributed by atoms with Crippen LogP contribution < -0.4 is 10.8 Å². The van der Waals surface area contributed by atoms with Gasteiger partial charge in [-0.2, -0.15) is 5.48 Å². The van der Waals surface area contributed by atoms with Crippen LogP contribution in [0, 0.1) is 5.92 Å². The zero-order chi connectivity index (χ0) is 26.4. The van der Waals surface area contributed by atoms with Crippen molar-refractivity contribution >= 4 is 5.91 Å². The van der Waals surface area contributed by atoms with Gasteiger partial charge in [-0.15, -0.1) is 0 Å². The topological polar surface area (TPSA) is 93.8 Å². The molecule has 0 spiro atoms. The lowest BCUT2D eigenvalue weighted by atomic mass is 10.1. The van der Waals surface area contributed by atoms with E-state index in [-0.39, 0.29) is 25.0 Å². The maximum Gasteiger partial charge on any atom is 0.222 e. The molecule has 1 rings (SSSR count). The zero-order valence-corrected chi connectivity index (χ0v) is 23.0. The van der Waals surface area contributed by atoms with Gasteiger partial charge in [0.2, 0.25) is 5.91 Å². The van der Waals surface area contributed by atoms with Crippen LogP contribution in [-0.4, -0.2) is 133 Å². The lowest BCUT2D eigenvalue weighted by Gasteiger charge is -2.34. The Labute approximate surface area is 217 Å². The first kappa shape index (κ1) is 33.1. The molecule has 11 heteroatoms. The maximum absolute atomic E-state index is 13.9. The Morgan fingerprint density at radius 2 is 1.31 bits per heavy atom. The van der Waals surface area contributed by atoms with Crippen molar-refractivity contribution in [2.45, 2.75) is 46.3 Å². The van der Waals surface area contributed by atoms with Crippen molar-refractivity contribution in [3.8, 4) is 0 Å². The van der Waals surface area contributed by atoms with E-state index in [0.717, 1.165) is 45.7 Å². The fourth-order valence-corrected chi connectivity index (χ4v) is 3.33. The third-order valence-electron chi connectivity index (χ3n) is 5.82. The van der Waals surface area contributed by atoms with Crippen LogP contribution in [0.25, 0.3) is 0 Å². The molecular formula is C25H51FN4O6. The first-order valence-electron chi connectivity index (χ1n) is 13.5. The third kappa shape index (κ3) is 18.3. The Balaban J connectivity index is 1.86. The molecule has 36 heavy (non-hydrogen) atoms. The van der Waals surface area contributed by atoms with E-state index in [1.165, 1.54) is 0 Å². The average Bonchev–Trinajstić information content (AvgIpc) is 2.87. The molecule has 214 valence electrons. The molecule has 1 amide bonds. The molecule has 1 heterocycles. The molecule has 1 saturated heterocycles. The van der Waals surface area contributed by atoms with Crippen molar-refractivity contribution in [3.05, 3.63) is 0 Å². The zero-order valence-electron chi connectivity index (χ0n) is 23.0. The summed E-state index contributed by atoms with van der Waals surface area (Å²) in [6.45, 7) is 17.9. The number of ether oxygens (including phenoxy) is 4. The van der Waals surface area contributed by atoms with Crippen molar-refractivity contribution in [1.29, 1.82) is 0 Å². The van der Waals surface area contributed by atoms with Gasteiger partial charge in [0.05, 0.1) is 66.0 Å². The highest BCUT2D eigenvalue weighted by atomic mass is 19.1. The molecule has 0 aromatic heterocycles. The number of rotatable bonds is 23. The molecule has 0 aliphatic carbocycles. The number of hydrogen-bond acceptors (Lipinski definition) is 9. The summed E-state index contributed by atoms with van der Waals surface area (Å²) in [7, 11) is 0. The average molecular weight is 523 g/mol. The number of hydrogen-bond donors (Lipinski definition) is 2. The van der Waals surface area contributed by atoms with Gasteiger partial charge in [0.25, 0.3) is 0 Å². The molecule has 0 bridgehead atoms. The van der Waals surface area contributed by atoms with Crippen molar-refractivity contribution < 1.29 is 33.0 Å². The summed E-state index contributed by atoms with van der Waals surface area (Å²) >= 11 is 0. The van der Waals surface area contributed by atoms with E-state index < -0.39 is 6.17 Å². The molecule has 10 nitrogen and oxygen atoms in total. The highest BCUT2D eigenvalue weighted by Gasteiger charge is 2.17. The van der Waals surface area contributed by atoms with Crippen LogP contribution >= 0.6 is 0 Å². The quantitative estimate of drug-likeness (QED) is 0.151. The Hall–Kier alpha value is -0.920. The maximum atomic E-state index is 13.9. The second-order valence-corrected chi connectivity index (χ2v) is 9.37. The normalized spacial score (nSPS) is 16.9. The largest absolute Gasteiger partial charge is 0.378 e. The van der Waals surface area contributed by atoms with Gasteiger partial charge in [0.1, 0.15) is 6.17 Å². The van der Waals surface area contributed by atoms with Crippen molar-refractivity contribution in [2.24, 2.45) is 5.92 Å². The molecule has 2 unspecified atom stereocenters. The highest BCUT2D eigenvalue weighted by Crippen LogP contribution is 2.03. The predicted octanol–water partition coefficient (Wildman–Crippen LogP) is 1.10. The second-order valence-electron chi connectivity index (χ2n) is 9.37. The summed E-state index contributed by atoms with van der Waals surface area (Å²) < 4.78 is 35.9. The SMILES string of the molecule is CCC(C)C(=O)NCC(F)COCCN1CCN(CCOCCOCCOCCONC(C)C)CC1. The van der Waals surface area contributed by atoms with Crippen LogP contribution in [0.15, 0.2) is 0 Å². The molecule has 2 N–H and O–H groups in total. The number of piperazine rings is 1. The Morgan fingerprint density at radius 1 is 0.806 bits per heavy atom. The van der Waals surface area contributed by atoms with E-state index in [2.05, 4.69) is 20.6 Å². The van der Waals surface area contributed by atoms with Gasteiger partial charge in [-0.1, -0.05) is 13.8 Å². The lowest BCUT2D eigenvalue weighted by Crippen LogP contribution is -2.48. The van der Waals surface area contributed by atoms with Gasteiger partial charge in [-0.3, -0.25) is 19.4 Å². The molecule has 1 fully saturated rings. The van der Waals surface area contributed by atoms with E-state index in [9.17, 15) is 9.18 Å². The van der Waals surface area contributed by atoms with Crippen LogP contribution in [0.2, 0.25) is 0 Å². The smallest absolute Gasteiger partial charge is 0.222 e. The number of hydroxylamine groups is 1. The van der Waals surface area contributed by atoms with Crippen molar-refractivity contribution in [1.82, 2.24) is 20.6 Å². The molecule has 0 radical (unpaired) electrons. The lowest BCUT2D eigenvalue weighted by molar-refractivity contribution is -0.124. The van der Waals surface area contributed by atoms with E-state index in [1.54, 1.807) is 0 Å². The summed E-state index contributed by atoms with van der Waals surface area (Å²) in [5.74, 6) is -0.188. The minimum atomic E-state index is -1.18. The van der Waals surface area contributed by atoms with Crippen molar-refractivity contribution in [2.75, 3.05) is 105 Å². The number of amides is 1. The Kier molecular flexibility index (Phi) is 20.3. The molecule has 1 aliphatic heterocycles. The third-order valence-corrected chi connectivity index (χ3v) is 5.82. The fraction of sp³-hybridized carbons (Fsp3) is 0.960. The van der Waals surface area contributed by atoms with Crippen molar-refractivity contribution in [3.63, 3.8) is 0 Å². The van der Waals surface area contributed by atoms with E-state index in [4.69, 9.17) is 23.8 Å². The van der Waals surface area contributed by atoms with Gasteiger partial charge >= 0.3 is 0 Å². The summed E-state index contributed by atoms with van der Waals surface area (Å²) in [4.78, 5) is 21.6. The molecule has 0 aromatic rings. The number of carbonyl (C=O) groups excluding carboxylic acids is 1. The number of halogens is 1. The van der Waals surface area contributed by atoms with Crippen LogP contribution in [0.5, 0.6) is 0 Å². The Bertz CT molecular complexity index is 527. The first-order chi connectivity index (χ1) is 17.4. The van der Waals surface area contributed by atoms with E-state index in [1.807, 2.05) is 27.7 Å². The minimum absolute atomic E-state index is 0.0110. The number of alkyl halides is 1. The summed E-state index contributed by atoms with van der Waals surface area (Å²) in [6, 6.07) is 0.300. The van der Waals surface area contributed by atoms with Crippen LogP contribution in [-0.2, 0) is 28.6 Å². The number of nitrogens with zero attached hydrogens (tertiary/aromatic N) is 2. The molecule has 1 aliphatic rings. The fourth-order valence-electron chi connectivity index (χ4n) is 3.33. The molecular weight excluding hydrogens is 471 g/mol. The molecule has 0 saturated carbocycles.